The van der Waals surface area contributed by atoms with Gasteiger partial charge in [-0.3, -0.25) is 14.5 Å². The fourth-order valence-corrected chi connectivity index (χ4v) is 4.87. The van der Waals surface area contributed by atoms with Crippen molar-refractivity contribution in [1.29, 1.82) is 0 Å². The van der Waals surface area contributed by atoms with Gasteiger partial charge in [0.15, 0.2) is 0 Å². The zero-order valence-electron chi connectivity index (χ0n) is 17.5. The number of carboxylic acids is 1. The molecule has 0 aromatic heterocycles. The van der Waals surface area contributed by atoms with E-state index < -0.39 is 53.6 Å². The summed E-state index contributed by atoms with van der Waals surface area (Å²) in [6.45, 7) is 3.46. The van der Waals surface area contributed by atoms with Crippen molar-refractivity contribution in [2.45, 2.75) is 50.4 Å². The molecule has 2 atom stereocenters. The van der Waals surface area contributed by atoms with Gasteiger partial charge in [0.05, 0.1) is 0 Å². The number of carbonyl (C=O) groups excluding carboxylic acids is 3. The smallest absolute Gasteiger partial charge is 0.408 e. The van der Waals surface area contributed by atoms with Gasteiger partial charge in [-0.25, -0.2) is 9.59 Å². The number of β-lactam (4-membered cyclic amide) rings is 1. The predicted octanol–water partition coefficient (Wildman–Crippen LogP) is 1.85. The second-order valence-corrected chi connectivity index (χ2v) is 9.58. The Morgan fingerprint density at radius 2 is 1.94 bits per heavy atom. The average Bonchev–Trinajstić information content (AvgIpc) is 2.96. The number of carboxylic acid groups (broad SMARTS) is 1. The van der Waals surface area contributed by atoms with E-state index in [0.717, 1.165) is 4.90 Å². The number of alkyl carbamates (subject to hydrolysis) is 1. The van der Waals surface area contributed by atoms with E-state index in [4.69, 9.17) is 4.74 Å². The highest BCUT2D eigenvalue weighted by Crippen LogP contribution is 2.41. The van der Waals surface area contributed by atoms with E-state index in [9.17, 15) is 37.5 Å². The molecule has 0 aromatic rings. The van der Waals surface area contributed by atoms with E-state index in [2.05, 4.69) is 5.32 Å². The number of alkyl halides is 3. The second-order valence-electron chi connectivity index (χ2n) is 8.47. The molecule has 13 heteroatoms. The van der Waals surface area contributed by atoms with Crippen LogP contribution >= 0.6 is 11.8 Å². The SMILES string of the molecule is CC(C)(C)OC(=O)NC1C(=O)N2C(C(=O)O)=C(/C=C3\CCN(CC(F)(F)F)C3=O)CSC12. The molecule has 0 aliphatic carbocycles. The van der Waals surface area contributed by atoms with Gasteiger partial charge in [-0.15, -0.1) is 11.8 Å². The Hall–Kier alpha value is -2.70. The lowest BCUT2D eigenvalue weighted by molar-refractivity contribution is -0.156. The molecule has 0 saturated carbocycles. The Bertz CT molecular complexity index is 924. The molecular formula is C19H22F3N3O6S. The molecule has 3 aliphatic heterocycles. The van der Waals surface area contributed by atoms with Crippen molar-refractivity contribution in [2.75, 3.05) is 18.8 Å². The van der Waals surface area contributed by atoms with Crippen molar-refractivity contribution in [1.82, 2.24) is 15.1 Å². The van der Waals surface area contributed by atoms with E-state index in [1.807, 2.05) is 0 Å². The van der Waals surface area contributed by atoms with Crippen LogP contribution in [0.3, 0.4) is 0 Å². The Balaban J connectivity index is 1.78. The number of nitrogens with zero attached hydrogens (tertiary/aromatic N) is 2. The lowest BCUT2D eigenvalue weighted by atomic mass is 10.0. The number of hydrogen-bond donors (Lipinski definition) is 2. The standard InChI is InChI=1S/C19H22F3N3O6S/c1-18(2,3)31-17(30)23-11-14(27)25-12(16(28)29)10(7-32-15(11)25)6-9-4-5-24(13(9)26)8-19(20,21)22/h6,11,15H,4-5,7-8H2,1-3H3,(H,23,30)(H,28,29)/b9-6+. The van der Waals surface area contributed by atoms with Crippen LogP contribution in [0.4, 0.5) is 18.0 Å². The summed E-state index contributed by atoms with van der Waals surface area (Å²) in [7, 11) is 0. The van der Waals surface area contributed by atoms with E-state index in [1.54, 1.807) is 20.8 Å². The number of nitrogens with one attached hydrogen (secondary N) is 1. The normalized spacial score (nSPS) is 25.1. The van der Waals surface area contributed by atoms with Crippen molar-refractivity contribution in [3.05, 3.63) is 22.9 Å². The van der Waals surface area contributed by atoms with E-state index in [0.29, 0.717) is 4.90 Å². The molecule has 176 valence electrons. The van der Waals surface area contributed by atoms with E-state index in [-0.39, 0.29) is 35.6 Å². The molecule has 2 N–H and O–H groups in total. The fraction of sp³-hybridized carbons (Fsp3) is 0.579. The van der Waals surface area contributed by atoms with Gasteiger partial charge in [0.1, 0.15) is 29.3 Å². The average molecular weight is 477 g/mol. The number of carbonyl (C=O) groups is 4. The lowest BCUT2D eigenvalue weighted by Crippen LogP contribution is -2.70. The predicted molar refractivity (Wildman–Crippen MR) is 106 cm³/mol. The van der Waals surface area contributed by atoms with Crippen LogP contribution in [0.2, 0.25) is 0 Å². The number of thioether (sulfide) groups is 1. The molecule has 3 aliphatic rings. The molecule has 2 unspecified atom stereocenters. The minimum Gasteiger partial charge on any atom is -0.477 e. The Morgan fingerprint density at radius 3 is 2.50 bits per heavy atom. The van der Waals surface area contributed by atoms with Crippen molar-refractivity contribution in [3.63, 3.8) is 0 Å². The molecule has 2 fully saturated rings. The van der Waals surface area contributed by atoms with E-state index in [1.165, 1.54) is 17.8 Å². The van der Waals surface area contributed by atoms with Gasteiger partial charge in [-0.1, -0.05) is 0 Å². The minimum absolute atomic E-state index is 0.0379. The maximum atomic E-state index is 12.6. The van der Waals surface area contributed by atoms with Crippen LogP contribution in [0.25, 0.3) is 0 Å². The summed E-state index contributed by atoms with van der Waals surface area (Å²) in [6, 6.07) is -0.978. The first-order valence-corrected chi connectivity index (χ1v) is 10.7. The highest BCUT2D eigenvalue weighted by atomic mass is 32.2. The van der Waals surface area contributed by atoms with Gasteiger partial charge in [-0.05, 0) is 38.8 Å². The summed E-state index contributed by atoms with van der Waals surface area (Å²) in [4.78, 5) is 50.4. The first kappa shape index (κ1) is 24.0. The number of fused-ring (bicyclic) bond motifs is 1. The number of allylic oxidation sites excluding steroid dienone is 1. The molecule has 0 spiro atoms. The van der Waals surface area contributed by atoms with Gasteiger partial charge in [-0.2, -0.15) is 13.2 Å². The maximum Gasteiger partial charge on any atom is 0.408 e. The number of ether oxygens (including phenoxy) is 1. The third-order valence-corrected chi connectivity index (χ3v) is 6.11. The Labute approximate surface area is 185 Å². The third kappa shape index (κ3) is 5.03. The van der Waals surface area contributed by atoms with E-state index >= 15 is 0 Å². The molecule has 3 amide bonds. The molecule has 2 saturated heterocycles. The van der Waals surface area contributed by atoms with Crippen LogP contribution in [0.5, 0.6) is 0 Å². The van der Waals surface area contributed by atoms with Crippen molar-refractivity contribution < 1.29 is 42.2 Å². The summed E-state index contributed by atoms with van der Waals surface area (Å²) in [5.74, 6) is -2.79. The monoisotopic (exact) mass is 477 g/mol. The Kier molecular flexibility index (Phi) is 6.24. The summed E-state index contributed by atoms with van der Waals surface area (Å²) in [5.41, 5.74) is -0.927. The number of aliphatic carboxylic acids is 1. The number of likely N-dealkylation sites (tertiary alicyclic amines) is 1. The van der Waals surface area contributed by atoms with Crippen LogP contribution < -0.4 is 5.32 Å². The molecular weight excluding hydrogens is 455 g/mol. The van der Waals surface area contributed by atoms with Crippen LogP contribution in [-0.4, -0.2) is 80.8 Å². The summed E-state index contributed by atoms with van der Waals surface area (Å²) >= 11 is 1.17. The van der Waals surface area contributed by atoms with Crippen LogP contribution in [0.15, 0.2) is 22.9 Å². The number of hydrogen-bond acceptors (Lipinski definition) is 6. The summed E-state index contributed by atoms with van der Waals surface area (Å²) in [6.07, 6.45) is -4.06. The summed E-state index contributed by atoms with van der Waals surface area (Å²) < 4.78 is 43.0. The maximum absolute atomic E-state index is 12.6. The van der Waals surface area contributed by atoms with Crippen LogP contribution in [0, 0.1) is 0 Å². The number of halogens is 3. The minimum atomic E-state index is -4.54. The zero-order valence-corrected chi connectivity index (χ0v) is 18.3. The molecule has 32 heavy (non-hydrogen) atoms. The zero-order chi connectivity index (χ0) is 24.0. The van der Waals surface area contributed by atoms with Gasteiger partial charge in [0.2, 0.25) is 5.91 Å². The van der Waals surface area contributed by atoms with Crippen molar-refractivity contribution in [3.8, 4) is 0 Å². The highest BCUT2D eigenvalue weighted by Gasteiger charge is 2.54. The topological polar surface area (TPSA) is 116 Å². The number of amides is 3. The molecule has 0 radical (unpaired) electrons. The van der Waals surface area contributed by atoms with Gasteiger partial charge in [0.25, 0.3) is 5.91 Å². The molecule has 3 heterocycles. The van der Waals surface area contributed by atoms with Crippen LogP contribution in [-0.2, 0) is 19.1 Å². The molecule has 0 aromatic carbocycles. The van der Waals surface area contributed by atoms with Crippen LogP contribution in [0.1, 0.15) is 27.2 Å². The molecule has 9 nitrogen and oxygen atoms in total. The number of rotatable bonds is 4. The second kappa shape index (κ2) is 8.34. The Morgan fingerprint density at radius 1 is 1.28 bits per heavy atom. The first-order valence-electron chi connectivity index (χ1n) is 9.65. The van der Waals surface area contributed by atoms with Crippen molar-refractivity contribution in [2.24, 2.45) is 0 Å². The largest absolute Gasteiger partial charge is 0.477 e. The van der Waals surface area contributed by atoms with Gasteiger partial charge >= 0.3 is 18.2 Å². The summed E-state index contributed by atoms with van der Waals surface area (Å²) in [5, 5.41) is 11.4. The molecule has 0 bridgehead atoms. The van der Waals surface area contributed by atoms with Gasteiger partial charge < -0.3 is 20.1 Å². The quantitative estimate of drug-likeness (QED) is 0.469. The van der Waals surface area contributed by atoms with Gasteiger partial charge in [0, 0.05) is 17.9 Å². The lowest BCUT2D eigenvalue weighted by Gasteiger charge is -2.49. The first-order chi connectivity index (χ1) is 14.7. The third-order valence-electron chi connectivity index (χ3n) is 4.80. The fourth-order valence-electron chi connectivity index (χ4n) is 3.57. The van der Waals surface area contributed by atoms with Crippen molar-refractivity contribution >= 4 is 35.6 Å². The molecule has 3 rings (SSSR count). The highest BCUT2D eigenvalue weighted by molar-refractivity contribution is 8.00.